The van der Waals surface area contributed by atoms with Crippen LogP contribution in [0.5, 0.6) is 0 Å². The summed E-state index contributed by atoms with van der Waals surface area (Å²) in [6.45, 7) is 8.40. The lowest BCUT2D eigenvalue weighted by Crippen LogP contribution is -2.00. The van der Waals surface area contributed by atoms with Gasteiger partial charge in [0.2, 0.25) is 0 Å². The average molecular weight is 306 g/mol. The first-order valence-electron chi connectivity index (χ1n) is 7.17. The van der Waals surface area contributed by atoms with Gasteiger partial charge < -0.3 is 5.32 Å². The van der Waals surface area contributed by atoms with E-state index >= 15 is 0 Å². The van der Waals surface area contributed by atoms with Crippen molar-refractivity contribution in [1.29, 1.82) is 0 Å². The second kappa shape index (κ2) is 6.16. The van der Waals surface area contributed by atoms with Gasteiger partial charge in [-0.1, -0.05) is 43.0 Å². The number of nitrogens with one attached hydrogen (secondary N) is 1. The number of hydrogen-bond donors (Lipinski definition) is 1. The minimum atomic E-state index is 0.902. The van der Waals surface area contributed by atoms with Gasteiger partial charge in [-0.25, -0.2) is 4.98 Å². The van der Waals surface area contributed by atoms with Gasteiger partial charge in [-0.05, 0) is 36.6 Å². The largest absolute Gasteiger partial charge is 0.355 e. The predicted octanol–water partition coefficient (Wildman–Crippen LogP) is 5.51. The zero-order valence-corrected chi connectivity index (χ0v) is 13.6. The molecular weight excluding hydrogens is 288 g/mol. The molecular formula is C19H18N2S. The molecule has 3 heteroatoms. The number of hydrogen-bond acceptors (Lipinski definition) is 3. The van der Waals surface area contributed by atoms with Crippen molar-refractivity contribution in [2.45, 2.75) is 13.8 Å². The molecule has 1 heterocycles. The highest BCUT2D eigenvalue weighted by molar-refractivity contribution is 7.13. The van der Waals surface area contributed by atoms with Gasteiger partial charge in [0.25, 0.3) is 0 Å². The number of rotatable bonds is 4. The molecule has 3 aromatic rings. The average Bonchev–Trinajstić information content (AvgIpc) is 3.06. The zero-order chi connectivity index (χ0) is 15.5. The first-order chi connectivity index (χ1) is 10.6. The molecule has 0 aliphatic rings. The molecule has 110 valence electrons. The molecule has 0 spiro atoms. The van der Waals surface area contributed by atoms with Crippen LogP contribution in [0.2, 0.25) is 0 Å². The number of benzene rings is 2. The Hall–Kier alpha value is -2.39. The van der Waals surface area contributed by atoms with Crippen LogP contribution in [-0.2, 0) is 0 Å². The van der Waals surface area contributed by atoms with Crippen molar-refractivity contribution in [2.24, 2.45) is 0 Å². The third kappa shape index (κ3) is 2.95. The van der Waals surface area contributed by atoms with E-state index in [1.165, 1.54) is 11.1 Å². The molecule has 0 bridgehead atoms. The molecule has 0 amide bonds. The second-order valence-corrected chi connectivity index (χ2v) is 6.16. The van der Waals surface area contributed by atoms with Gasteiger partial charge in [0.15, 0.2) is 0 Å². The maximum atomic E-state index is 4.33. The molecule has 0 saturated carbocycles. The molecule has 0 atom stereocenters. The third-order valence-electron chi connectivity index (χ3n) is 3.80. The molecule has 0 fully saturated rings. The zero-order valence-electron chi connectivity index (χ0n) is 12.8. The SMILES string of the molecule is C=C(Nc1cccc(C)c1C)c1ccc(-c2nccs2)cc1. The van der Waals surface area contributed by atoms with Gasteiger partial charge in [0, 0.05) is 28.5 Å². The highest BCUT2D eigenvalue weighted by Gasteiger charge is 2.05. The van der Waals surface area contributed by atoms with Crippen molar-refractivity contribution in [1.82, 2.24) is 4.98 Å². The lowest BCUT2D eigenvalue weighted by atomic mass is 10.1. The van der Waals surface area contributed by atoms with E-state index in [-0.39, 0.29) is 0 Å². The summed E-state index contributed by atoms with van der Waals surface area (Å²) in [5, 5.41) is 6.45. The minimum Gasteiger partial charge on any atom is -0.355 e. The van der Waals surface area contributed by atoms with E-state index in [1.807, 2.05) is 11.6 Å². The maximum absolute atomic E-state index is 4.33. The molecule has 1 N–H and O–H groups in total. The van der Waals surface area contributed by atoms with Gasteiger partial charge in [0.1, 0.15) is 5.01 Å². The van der Waals surface area contributed by atoms with E-state index in [0.717, 1.165) is 27.5 Å². The standard InChI is InChI=1S/C19H18N2S/c1-13-5-4-6-18(14(13)2)21-15(3)16-7-9-17(10-8-16)19-20-11-12-22-19/h4-12,21H,3H2,1-2H3. The van der Waals surface area contributed by atoms with Gasteiger partial charge in [-0.3, -0.25) is 0 Å². The van der Waals surface area contributed by atoms with E-state index in [1.54, 1.807) is 11.3 Å². The normalized spacial score (nSPS) is 10.5. The van der Waals surface area contributed by atoms with Crippen molar-refractivity contribution >= 4 is 22.7 Å². The Kier molecular flexibility index (Phi) is 4.07. The number of nitrogens with zero attached hydrogens (tertiary/aromatic N) is 1. The van der Waals surface area contributed by atoms with Gasteiger partial charge in [-0.15, -0.1) is 11.3 Å². The molecule has 2 nitrogen and oxygen atoms in total. The molecule has 2 aromatic carbocycles. The lowest BCUT2D eigenvalue weighted by Gasteiger charge is -2.14. The van der Waals surface area contributed by atoms with Gasteiger partial charge >= 0.3 is 0 Å². The van der Waals surface area contributed by atoms with Crippen molar-refractivity contribution in [3.63, 3.8) is 0 Å². The first-order valence-corrected chi connectivity index (χ1v) is 8.05. The molecule has 0 aliphatic carbocycles. The summed E-state index contributed by atoms with van der Waals surface area (Å²) in [4.78, 5) is 4.33. The van der Waals surface area contributed by atoms with Crippen LogP contribution in [0.3, 0.4) is 0 Å². The van der Waals surface area contributed by atoms with Crippen LogP contribution in [0, 0.1) is 13.8 Å². The number of thiazole rings is 1. The Morgan fingerprint density at radius 1 is 1.09 bits per heavy atom. The minimum absolute atomic E-state index is 0.902. The van der Waals surface area contributed by atoms with Gasteiger partial charge in [-0.2, -0.15) is 0 Å². The van der Waals surface area contributed by atoms with E-state index in [2.05, 4.69) is 73.2 Å². The fourth-order valence-electron chi connectivity index (χ4n) is 2.30. The summed E-state index contributed by atoms with van der Waals surface area (Å²) in [5.41, 5.74) is 6.76. The van der Waals surface area contributed by atoms with E-state index in [0.29, 0.717) is 0 Å². The predicted molar refractivity (Wildman–Crippen MR) is 96.1 cm³/mol. The van der Waals surface area contributed by atoms with Crippen LogP contribution in [0.4, 0.5) is 5.69 Å². The van der Waals surface area contributed by atoms with Crippen LogP contribution in [0.25, 0.3) is 16.3 Å². The molecule has 3 rings (SSSR count). The summed E-state index contributed by atoms with van der Waals surface area (Å²) < 4.78 is 0. The maximum Gasteiger partial charge on any atom is 0.123 e. The Bertz CT molecular complexity index is 787. The monoisotopic (exact) mass is 306 g/mol. The van der Waals surface area contributed by atoms with E-state index in [9.17, 15) is 0 Å². The Balaban J connectivity index is 1.79. The lowest BCUT2D eigenvalue weighted by molar-refractivity contribution is 1.33. The quantitative estimate of drug-likeness (QED) is 0.687. The van der Waals surface area contributed by atoms with E-state index in [4.69, 9.17) is 0 Å². The highest BCUT2D eigenvalue weighted by atomic mass is 32.1. The Morgan fingerprint density at radius 2 is 1.86 bits per heavy atom. The van der Waals surface area contributed by atoms with Gasteiger partial charge in [0.05, 0.1) is 0 Å². The van der Waals surface area contributed by atoms with Crippen molar-refractivity contribution in [3.8, 4) is 10.6 Å². The van der Waals surface area contributed by atoms with Crippen molar-refractivity contribution < 1.29 is 0 Å². The Morgan fingerprint density at radius 3 is 2.55 bits per heavy atom. The number of anilines is 1. The summed E-state index contributed by atoms with van der Waals surface area (Å²) in [6.07, 6.45) is 1.83. The van der Waals surface area contributed by atoms with Crippen LogP contribution in [-0.4, -0.2) is 4.98 Å². The first kappa shape index (κ1) is 14.5. The molecule has 0 saturated heterocycles. The van der Waals surface area contributed by atoms with Crippen LogP contribution >= 0.6 is 11.3 Å². The molecule has 0 unspecified atom stereocenters. The third-order valence-corrected chi connectivity index (χ3v) is 4.62. The molecule has 22 heavy (non-hydrogen) atoms. The smallest absolute Gasteiger partial charge is 0.123 e. The summed E-state index contributed by atoms with van der Waals surface area (Å²) in [7, 11) is 0. The Labute approximate surface area is 135 Å². The summed E-state index contributed by atoms with van der Waals surface area (Å²) in [6, 6.07) is 14.6. The fraction of sp³-hybridized carbons (Fsp3) is 0.105. The number of aryl methyl sites for hydroxylation is 1. The number of aromatic nitrogens is 1. The van der Waals surface area contributed by atoms with Crippen LogP contribution < -0.4 is 5.32 Å². The summed E-state index contributed by atoms with van der Waals surface area (Å²) >= 11 is 1.65. The summed E-state index contributed by atoms with van der Waals surface area (Å²) in [5.74, 6) is 0. The molecule has 0 aliphatic heterocycles. The molecule has 0 radical (unpaired) electrons. The van der Waals surface area contributed by atoms with Crippen LogP contribution in [0.15, 0.2) is 60.6 Å². The highest BCUT2D eigenvalue weighted by Crippen LogP contribution is 2.26. The van der Waals surface area contributed by atoms with Crippen molar-refractivity contribution in [3.05, 3.63) is 77.3 Å². The van der Waals surface area contributed by atoms with E-state index < -0.39 is 0 Å². The van der Waals surface area contributed by atoms with Crippen LogP contribution in [0.1, 0.15) is 16.7 Å². The fourth-order valence-corrected chi connectivity index (χ4v) is 2.95. The second-order valence-electron chi connectivity index (χ2n) is 5.27. The van der Waals surface area contributed by atoms with Crippen molar-refractivity contribution in [2.75, 3.05) is 5.32 Å². The molecule has 1 aromatic heterocycles. The topological polar surface area (TPSA) is 24.9 Å².